The van der Waals surface area contributed by atoms with Crippen molar-refractivity contribution in [2.75, 3.05) is 20.2 Å². The Bertz CT molecular complexity index is 446. The third kappa shape index (κ3) is 5.19. The van der Waals surface area contributed by atoms with Crippen LogP contribution in [0.15, 0.2) is 17.5 Å². The molecule has 5 nitrogen and oxygen atoms in total. The van der Waals surface area contributed by atoms with Crippen LogP contribution in [-0.2, 0) is 10.2 Å². The number of nitrogens with zero attached hydrogens (tertiary/aromatic N) is 1. The first-order valence-corrected chi connectivity index (χ1v) is 8.71. The lowest BCUT2D eigenvalue weighted by Gasteiger charge is -2.22. The maximum Gasteiger partial charge on any atom is 0.279 e. The Morgan fingerprint density at radius 1 is 1.53 bits per heavy atom. The molecule has 0 bridgehead atoms. The topological polar surface area (TPSA) is 69.6 Å². The van der Waals surface area contributed by atoms with Crippen molar-refractivity contribution in [2.45, 2.75) is 32.2 Å². The summed E-state index contributed by atoms with van der Waals surface area (Å²) in [5.41, 5.74) is 0. The van der Waals surface area contributed by atoms with Gasteiger partial charge in [-0.2, -0.15) is 17.4 Å². The summed E-state index contributed by atoms with van der Waals surface area (Å²) in [5.74, 6) is 0. The molecule has 1 heterocycles. The average Bonchev–Trinajstić information content (AvgIpc) is 2.88. The van der Waals surface area contributed by atoms with Gasteiger partial charge in [-0.05, 0) is 24.3 Å². The fourth-order valence-corrected chi connectivity index (χ4v) is 3.76. The van der Waals surface area contributed by atoms with E-state index in [1.807, 2.05) is 24.4 Å². The lowest BCUT2D eigenvalue weighted by molar-refractivity contribution is 0.275. The molecular formula is C12H22N2O3S2. The Kier molecular flexibility index (Phi) is 6.95. The summed E-state index contributed by atoms with van der Waals surface area (Å²) < 4.78 is 28.3. The molecule has 0 saturated heterocycles. The second-order valence-corrected chi connectivity index (χ2v) is 7.17. The van der Waals surface area contributed by atoms with Crippen LogP contribution in [0.4, 0.5) is 0 Å². The molecule has 1 aromatic rings. The van der Waals surface area contributed by atoms with Gasteiger partial charge >= 0.3 is 0 Å². The number of hydrogen-bond donors (Lipinski definition) is 2. The number of thiophene rings is 1. The predicted octanol–water partition coefficient (Wildman–Crippen LogP) is 1.74. The molecule has 0 fully saturated rings. The number of hydrogen-bond acceptors (Lipinski definition) is 4. The minimum atomic E-state index is -3.50. The lowest BCUT2D eigenvalue weighted by Crippen LogP contribution is -2.40. The molecule has 0 aliphatic heterocycles. The average molecular weight is 306 g/mol. The van der Waals surface area contributed by atoms with E-state index in [2.05, 4.69) is 4.72 Å². The van der Waals surface area contributed by atoms with E-state index in [0.29, 0.717) is 13.0 Å². The fraction of sp³-hybridized carbons (Fsp3) is 0.667. The molecule has 0 aromatic carbocycles. The van der Waals surface area contributed by atoms with Gasteiger partial charge in [0, 0.05) is 25.1 Å². The van der Waals surface area contributed by atoms with Gasteiger partial charge in [0.05, 0.1) is 6.04 Å². The molecule has 0 aliphatic carbocycles. The van der Waals surface area contributed by atoms with Crippen LogP contribution in [0.2, 0.25) is 0 Å². The van der Waals surface area contributed by atoms with Gasteiger partial charge in [-0.15, -0.1) is 11.3 Å². The zero-order chi connectivity index (χ0) is 14.3. The van der Waals surface area contributed by atoms with E-state index in [1.54, 1.807) is 11.3 Å². The molecule has 1 aromatic heterocycles. The Morgan fingerprint density at radius 2 is 2.26 bits per heavy atom. The van der Waals surface area contributed by atoms with Crippen LogP contribution in [0.3, 0.4) is 0 Å². The molecular weight excluding hydrogens is 284 g/mol. The second kappa shape index (κ2) is 7.96. The van der Waals surface area contributed by atoms with E-state index in [4.69, 9.17) is 5.11 Å². The highest BCUT2D eigenvalue weighted by atomic mass is 32.2. The van der Waals surface area contributed by atoms with Crippen molar-refractivity contribution in [3.05, 3.63) is 22.4 Å². The lowest BCUT2D eigenvalue weighted by atomic mass is 10.1. The number of nitrogens with one attached hydrogen (secondary N) is 1. The SMILES string of the molecule is CCCC(NS(=O)(=O)N(C)CCCO)c1cccs1. The summed E-state index contributed by atoms with van der Waals surface area (Å²) in [7, 11) is -1.98. The highest BCUT2D eigenvalue weighted by Gasteiger charge is 2.23. The Morgan fingerprint density at radius 3 is 2.79 bits per heavy atom. The third-order valence-corrected chi connectivity index (χ3v) is 5.37. The highest BCUT2D eigenvalue weighted by molar-refractivity contribution is 7.87. The molecule has 0 radical (unpaired) electrons. The Balaban J connectivity index is 2.72. The maximum absolute atomic E-state index is 12.2. The van der Waals surface area contributed by atoms with Crippen molar-refractivity contribution in [2.24, 2.45) is 0 Å². The maximum atomic E-state index is 12.2. The minimum absolute atomic E-state index is 0.0107. The summed E-state index contributed by atoms with van der Waals surface area (Å²) in [5, 5.41) is 10.7. The summed E-state index contributed by atoms with van der Waals surface area (Å²) in [4.78, 5) is 1.03. The largest absolute Gasteiger partial charge is 0.396 e. The van der Waals surface area contributed by atoms with E-state index in [0.717, 1.165) is 17.7 Å². The summed E-state index contributed by atoms with van der Waals surface area (Å²) in [6.07, 6.45) is 2.12. The van der Waals surface area contributed by atoms with Gasteiger partial charge in [-0.1, -0.05) is 19.4 Å². The van der Waals surface area contributed by atoms with Crippen LogP contribution in [0.5, 0.6) is 0 Å². The Labute approximate surface area is 119 Å². The van der Waals surface area contributed by atoms with E-state index in [1.165, 1.54) is 11.4 Å². The molecule has 7 heteroatoms. The van der Waals surface area contributed by atoms with Crippen molar-refractivity contribution in [1.82, 2.24) is 9.03 Å². The first kappa shape index (κ1) is 16.6. The molecule has 110 valence electrons. The zero-order valence-electron chi connectivity index (χ0n) is 11.4. The van der Waals surface area contributed by atoms with Gasteiger partial charge in [0.1, 0.15) is 0 Å². The van der Waals surface area contributed by atoms with Crippen molar-refractivity contribution in [3.8, 4) is 0 Å². The second-order valence-electron chi connectivity index (χ2n) is 4.38. The molecule has 1 atom stereocenters. The quantitative estimate of drug-likeness (QED) is 0.730. The van der Waals surface area contributed by atoms with Gasteiger partial charge in [-0.25, -0.2) is 0 Å². The first-order chi connectivity index (χ1) is 9.01. The van der Waals surface area contributed by atoms with Crippen molar-refractivity contribution in [1.29, 1.82) is 0 Å². The monoisotopic (exact) mass is 306 g/mol. The van der Waals surface area contributed by atoms with Crippen LogP contribution in [0.25, 0.3) is 0 Å². The molecule has 19 heavy (non-hydrogen) atoms. The van der Waals surface area contributed by atoms with Gasteiger partial charge in [0.2, 0.25) is 0 Å². The zero-order valence-corrected chi connectivity index (χ0v) is 13.0. The van der Waals surface area contributed by atoms with Crippen LogP contribution in [0, 0.1) is 0 Å². The molecule has 1 unspecified atom stereocenters. The van der Waals surface area contributed by atoms with Crippen LogP contribution < -0.4 is 4.72 Å². The molecule has 0 spiro atoms. The standard InChI is InChI=1S/C12H22N2O3S2/c1-3-6-11(12-7-4-10-18-12)13-19(16,17)14(2)8-5-9-15/h4,7,10-11,13,15H,3,5-6,8-9H2,1-2H3. The van der Waals surface area contributed by atoms with Gasteiger partial charge in [-0.3, -0.25) is 0 Å². The van der Waals surface area contributed by atoms with Crippen LogP contribution in [0.1, 0.15) is 37.1 Å². The number of rotatable bonds is 9. The fourth-order valence-electron chi connectivity index (χ4n) is 1.72. The predicted molar refractivity (Wildman–Crippen MR) is 78.4 cm³/mol. The van der Waals surface area contributed by atoms with E-state index < -0.39 is 10.2 Å². The van der Waals surface area contributed by atoms with E-state index >= 15 is 0 Å². The normalized spacial score (nSPS) is 13.9. The first-order valence-electron chi connectivity index (χ1n) is 6.39. The smallest absolute Gasteiger partial charge is 0.279 e. The molecule has 1 rings (SSSR count). The minimum Gasteiger partial charge on any atom is -0.396 e. The molecule has 0 amide bonds. The summed E-state index contributed by atoms with van der Waals surface area (Å²) >= 11 is 1.56. The summed E-state index contributed by atoms with van der Waals surface area (Å²) in [6.45, 7) is 2.34. The van der Waals surface area contributed by atoms with Crippen molar-refractivity contribution in [3.63, 3.8) is 0 Å². The van der Waals surface area contributed by atoms with Crippen molar-refractivity contribution < 1.29 is 13.5 Å². The highest BCUT2D eigenvalue weighted by Crippen LogP contribution is 2.24. The van der Waals surface area contributed by atoms with E-state index in [9.17, 15) is 8.42 Å². The van der Waals surface area contributed by atoms with Gasteiger partial charge in [0.15, 0.2) is 0 Å². The van der Waals surface area contributed by atoms with Crippen molar-refractivity contribution >= 4 is 21.5 Å². The number of aliphatic hydroxyl groups excluding tert-OH is 1. The van der Waals surface area contributed by atoms with Crippen LogP contribution in [-0.4, -0.2) is 38.0 Å². The molecule has 0 saturated carbocycles. The van der Waals surface area contributed by atoms with Gasteiger partial charge < -0.3 is 5.11 Å². The number of aliphatic hydroxyl groups is 1. The molecule has 2 N–H and O–H groups in total. The van der Waals surface area contributed by atoms with Gasteiger partial charge in [0.25, 0.3) is 10.2 Å². The van der Waals surface area contributed by atoms with Crippen LogP contribution >= 0.6 is 11.3 Å². The Hall–Kier alpha value is -0.470. The molecule has 0 aliphatic rings. The third-order valence-electron chi connectivity index (χ3n) is 2.80. The summed E-state index contributed by atoms with van der Waals surface area (Å²) in [6, 6.07) is 3.69. The van der Waals surface area contributed by atoms with E-state index in [-0.39, 0.29) is 12.6 Å².